The summed E-state index contributed by atoms with van der Waals surface area (Å²) >= 11 is 0. The molecule has 0 atom stereocenters. The van der Waals surface area contributed by atoms with Gasteiger partial charge in [0.15, 0.2) is 0 Å². The highest BCUT2D eigenvalue weighted by atomic mass is 16.5. The van der Waals surface area contributed by atoms with E-state index in [1.54, 1.807) is 18.6 Å². The Morgan fingerprint density at radius 3 is 3.18 bits per heavy atom. The Balaban J connectivity index is 2.03. The molecular formula is C10H11N5O2. The standard InChI is InChI=1S/C10H11N5O2/c1-17-10(16)9-12-3-2-8(15-9)13-5-7-4-11-6-14-7/h2-4,6H,5H2,1H3,(H,11,14)(H,12,13,15). The summed E-state index contributed by atoms with van der Waals surface area (Å²) in [6, 6.07) is 1.67. The van der Waals surface area contributed by atoms with Gasteiger partial charge in [-0.3, -0.25) is 0 Å². The molecule has 0 radical (unpaired) electrons. The molecule has 0 aliphatic carbocycles. The zero-order chi connectivity index (χ0) is 12.1. The van der Waals surface area contributed by atoms with Crippen LogP contribution in [0.1, 0.15) is 16.3 Å². The summed E-state index contributed by atoms with van der Waals surface area (Å²) in [4.78, 5) is 25.9. The highest BCUT2D eigenvalue weighted by Gasteiger charge is 2.09. The Bertz CT molecular complexity index is 497. The van der Waals surface area contributed by atoms with Crippen LogP contribution in [0.3, 0.4) is 0 Å². The van der Waals surface area contributed by atoms with Crippen LogP contribution in [-0.4, -0.2) is 33.0 Å². The van der Waals surface area contributed by atoms with Gasteiger partial charge in [0.25, 0.3) is 0 Å². The molecule has 0 saturated heterocycles. The van der Waals surface area contributed by atoms with Gasteiger partial charge in [-0.1, -0.05) is 0 Å². The number of methoxy groups -OCH3 is 1. The van der Waals surface area contributed by atoms with Crippen LogP contribution >= 0.6 is 0 Å². The number of esters is 1. The van der Waals surface area contributed by atoms with Gasteiger partial charge in [0.05, 0.1) is 25.7 Å². The van der Waals surface area contributed by atoms with Crippen LogP contribution in [0.5, 0.6) is 0 Å². The number of hydrogen-bond acceptors (Lipinski definition) is 6. The Labute approximate surface area is 97.3 Å². The summed E-state index contributed by atoms with van der Waals surface area (Å²) in [6.07, 6.45) is 4.79. The van der Waals surface area contributed by atoms with Gasteiger partial charge >= 0.3 is 5.97 Å². The summed E-state index contributed by atoms with van der Waals surface area (Å²) in [5.41, 5.74) is 0.920. The summed E-state index contributed by atoms with van der Waals surface area (Å²) in [5, 5.41) is 3.04. The van der Waals surface area contributed by atoms with Crippen LogP contribution in [0.4, 0.5) is 5.82 Å². The van der Waals surface area contributed by atoms with Gasteiger partial charge in [0.2, 0.25) is 5.82 Å². The van der Waals surface area contributed by atoms with E-state index < -0.39 is 5.97 Å². The lowest BCUT2D eigenvalue weighted by atomic mass is 10.4. The molecule has 2 aromatic heterocycles. The number of imidazole rings is 1. The summed E-state index contributed by atoms with van der Waals surface area (Å²) in [6.45, 7) is 0.539. The van der Waals surface area contributed by atoms with Crippen molar-refractivity contribution in [3.05, 3.63) is 36.3 Å². The smallest absolute Gasteiger partial charge is 0.376 e. The summed E-state index contributed by atoms with van der Waals surface area (Å²) < 4.78 is 4.53. The Hall–Kier alpha value is -2.44. The number of ether oxygens (including phenoxy) is 1. The maximum Gasteiger partial charge on any atom is 0.376 e. The van der Waals surface area contributed by atoms with E-state index in [0.29, 0.717) is 12.4 Å². The Kier molecular flexibility index (Phi) is 3.29. The van der Waals surface area contributed by atoms with Crippen molar-refractivity contribution in [2.75, 3.05) is 12.4 Å². The second-order valence-electron chi connectivity index (χ2n) is 3.19. The van der Waals surface area contributed by atoms with Crippen molar-refractivity contribution >= 4 is 11.8 Å². The molecule has 0 amide bonds. The molecule has 2 heterocycles. The van der Waals surface area contributed by atoms with E-state index in [1.807, 2.05) is 0 Å². The third-order valence-electron chi connectivity index (χ3n) is 2.04. The molecule has 2 aromatic rings. The quantitative estimate of drug-likeness (QED) is 0.751. The molecular weight excluding hydrogens is 222 g/mol. The van der Waals surface area contributed by atoms with E-state index in [2.05, 4.69) is 30.0 Å². The molecule has 2 rings (SSSR count). The number of hydrogen-bond donors (Lipinski definition) is 2. The monoisotopic (exact) mass is 233 g/mol. The van der Waals surface area contributed by atoms with Gasteiger partial charge in [-0.15, -0.1) is 0 Å². The highest BCUT2D eigenvalue weighted by molar-refractivity contribution is 5.85. The van der Waals surface area contributed by atoms with Crippen molar-refractivity contribution in [1.82, 2.24) is 19.9 Å². The number of anilines is 1. The first-order chi connectivity index (χ1) is 8.29. The predicted octanol–water partition coefficient (Wildman–Crippen LogP) is 0.598. The lowest BCUT2D eigenvalue weighted by molar-refractivity contribution is 0.0587. The van der Waals surface area contributed by atoms with Crippen molar-refractivity contribution in [3.63, 3.8) is 0 Å². The van der Waals surface area contributed by atoms with E-state index in [4.69, 9.17) is 0 Å². The van der Waals surface area contributed by atoms with Gasteiger partial charge in [0, 0.05) is 12.4 Å². The average Bonchev–Trinajstić information content (AvgIpc) is 2.89. The first-order valence-electron chi connectivity index (χ1n) is 4.92. The third kappa shape index (κ3) is 2.77. The van der Waals surface area contributed by atoms with E-state index in [-0.39, 0.29) is 5.82 Å². The van der Waals surface area contributed by atoms with Crippen molar-refractivity contribution < 1.29 is 9.53 Å². The summed E-state index contributed by atoms with van der Waals surface area (Å²) in [5.74, 6) is 0.0206. The zero-order valence-electron chi connectivity index (χ0n) is 9.17. The first kappa shape index (κ1) is 11.1. The molecule has 0 fully saturated rings. The van der Waals surface area contributed by atoms with E-state index >= 15 is 0 Å². The van der Waals surface area contributed by atoms with Gasteiger partial charge in [-0.25, -0.2) is 19.7 Å². The fourth-order valence-electron chi connectivity index (χ4n) is 1.21. The maximum atomic E-state index is 11.2. The lowest BCUT2D eigenvalue weighted by Crippen LogP contribution is -2.09. The minimum absolute atomic E-state index is 0.0297. The third-order valence-corrected chi connectivity index (χ3v) is 2.04. The van der Waals surface area contributed by atoms with Crippen molar-refractivity contribution in [2.45, 2.75) is 6.54 Å². The molecule has 0 aliphatic rings. The average molecular weight is 233 g/mol. The number of rotatable bonds is 4. The first-order valence-corrected chi connectivity index (χ1v) is 4.92. The van der Waals surface area contributed by atoms with Crippen molar-refractivity contribution in [1.29, 1.82) is 0 Å². The normalized spacial score (nSPS) is 9.94. The number of carbonyl (C=O) groups is 1. The second-order valence-corrected chi connectivity index (χ2v) is 3.19. The number of nitrogens with zero attached hydrogens (tertiary/aromatic N) is 3. The maximum absolute atomic E-state index is 11.2. The SMILES string of the molecule is COC(=O)c1nccc(NCc2cnc[nH]2)n1. The minimum Gasteiger partial charge on any atom is -0.463 e. The van der Waals surface area contributed by atoms with Gasteiger partial charge in [0.1, 0.15) is 5.82 Å². The molecule has 7 nitrogen and oxygen atoms in total. The van der Waals surface area contributed by atoms with Crippen molar-refractivity contribution in [2.24, 2.45) is 0 Å². The van der Waals surface area contributed by atoms with Crippen molar-refractivity contribution in [3.8, 4) is 0 Å². The predicted molar refractivity (Wildman–Crippen MR) is 59.3 cm³/mol. The number of H-pyrrole nitrogens is 1. The Morgan fingerprint density at radius 1 is 1.59 bits per heavy atom. The van der Waals surface area contributed by atoms with Crippen LogP contribution in [0, 0.1) is 0 Å². The van der Waals surface area contributed by atoms with E-state index in [1.165, 1.54) is 13.3 Å². The Morgan fingerprint density at radius 2 is 2.47 bits per heavy atom. The molecule has 0 spiro atoms. The summed E-state index contributed by atoms with van der Waals surface area (Å²) in [7, 11) is 1.29. The van der Waals surface area contributed by atoms with Gasteiger partial charge in [-0.05, 0) is 6.07 Å². The van der Waals surface area contributed by atoms with Crippen LogP contribution in [0.25, 0.3) is 0 Å². The van der Waals surface area contributed by atoms with Crippen LogP contribution in [0.2, 0.25) is 0 Å². The van der Waals surface area contributed by atoms with E-state index in [0.717, 1.165) is 5.69 Å². The molecule has 88 valence electrons. The van der Waals surface area contributed by atoms with E-state index in [9.17, 15) is 4.79 Å². The molecule has 0 aliphatic heterocycles. The van der Waals surface area contributed by atoms with Crippen LogP contribution in [0.15, 0.2) is 24.8 Å². The topological polar surface area (TPSA) is 92.8 Å². The molecule has 0 unspecified atom stereocenters. The largest absolute Gasteiger partial charge is 0.463 e. The molecule has 17 heavy (non-hydrogen) atoms. The fourth-order valence-corrected chi connectivity index (χ4v) is 1.21. The molecule has 0 bridgehead atoms. The molecule has 0 saturated carbocycles. The lowest BCUT2D eigenvalue weighted by Gasteiger charge is -2.04. The van der Waals surface area contributed by atoms with Gasteiger partial charge < -0.3 is 15.0 Å². The van der Waals surface area contributed by atoms with Gasteiger partial charge in [-0.2, -0.15) is 0 Å². The number of aromatic amines is 1. The van der Waals surface area contributed by atoms with Crippen LogP contribution < -0.4 is 5.32 Å². The number of carbonyl (C=O) groups excluding carboxylic acids is 1. The number of nitrogens with one attached hydrogen (secondary N) is 2. The highest BCUT2D eigenvalue weighted by Crippen LogP contribution is 2.04. The fraction of sp³-hybridized carbons (Fsp3) is 0.200. The molecule has 0 aromatic carbocycles. The van der Waals surface area contributed by atoms with Crippen LogP contribution in [-0.2, 0) is 11.3 Å². The zero-order valence-corrected chi connectivity index (χ0v) is 9.17. The number of aromatic nitrogens is 4. The molecule has 7 heteroatoms. The molecule has 2 N–H and O–H groups in total. The second kappa shape index (κ2) is 5.06. The minimum atomic E-state index is -0.560.